The number of carbonyl (C=O) groups is 1. The first-order chi connectivity index (χ1) is 7.54. The third-order valence-electron chi connectivity index (χ3n) is 2.34. The van der Waals surface area contributed by atoms with Gasteiger partial charge in [-0.25, -0.2) is 8.78 Å². The molecule has 1 aromatic carbocycles. The zero-order valence-corrected chi connectivity index (χ0v) is 9.30. The highest BCUT2D eigenvalue weighted by Gasteiger charge is 2.13. The topological polar surface area (TPSA) is 26.3 Å². The number of hydrogen-bond donors (Lipinski definition) is 0. The molecule has 0 heterocycles. The molecule has 1 aromatic rings. The van der Waals surface area contributed by atoms with Crippen LogP contribution in [0.1, 0.15) is 18.9 Å². The van der Waals surface area contributed by atoms with E-state index in [-0.39, 0.29) is 30.3 Å². The highest BCUT2D eigenvalue weighted by Crippen LogP contribution is 2.13. The van der Waals surface area contributed by atoms with Crippen LogP contribution < -0.4 is 0 Å². The van der Waals surface area contributed by atoms with Gasteiger partial charge < -0.3 is 4.74 Å². The van der Waals surface area contributed by atoms with E-state index in [1.165, 1.54) is 19.2 Å². The zero-order valence-electron chi connectivity index (χ0n) is 9.30. The van der Waals surface area contributed by atoms with Gasteiger partial charge in [-0.15, -0.1) is 0 Å². The van der Waals surface area contributed by atoms with E-state index in [1.807, 2.05) is 0 Å². The summed E-state index contributed by atoms with van der Waals surface area (Å²) >= 11 is 0. The fraction of sp³-hybridized carbons (Fsp3) is 0.417. The van der Waals surface area contributed by atoms with Crippen molar-refractivity contribution in [3.63, 3.8) is 0 Å². The van der Waals surface area contributed by atoms with Gasteiger partial charge in [-0.05, 0) is 18.6 Å². The second kappa shape index (κ2) is 5.70. The van der Waals surface area contributed by atoms with Gasteiger partial charge in [0.2, 0.25) is 0 Å². The van der Waals surface area contributed by atoms with Crippen molar-refractivity contribution in [2.45, 2.75) is 25.9 Å². The third-order valence-corrected chi connectivity index (χ3v) is 2.34. The Morgan fingerprint density at radius 3 is 2.75 bits per heavy atom. The maximum atomic E-state index is 13.2. The van der Waals surface area contributed by atoms with Crippen molar-refractivity contribution in [3.8, 4) is 0 Å². The van der Waals surface area contributed by atoms with Gasteiger partial charge >= 0.3 is 0 Å². The molecule has 0 radical (unpaired) electrons. The van der Waals surface area contributed by atoms with Gasteiger partial charge in [-0.1, -0.05) is 12.1 Å². The molecule has 0 aromatic heterocycles. The van der Waals surface area contributed by atoms with E-state index in [0.29, 0.717) is 0 Å². The largest absolute Gasteiger partial charge is 0.381 e. The van der Waals surface area contributed by atoms with E-state index < -0.39 is 11.6 Å². The van der Waals surface area contributed by atoms with Crippen LogP contribution in [0.2, 0.25) is 0 Å². The van der Waals surface area contributed by atoms with Crippen molar-refractivity contribution < 1.29 is 18.3 Å². The van der Waals surface area contributed by atoms with E-state index in [2.05, 4.69) is 0 Å². The van der Waals surface area contributed by atoms with Crippen molar-refractivity contribution in [3.05, 3.63) is 35.4 Å². The smallest absolute Gasteiger partial charge is 0.162 e. The molecule has 0 N–H and O–H groups in total. The molecule has 1 unspecified atom stereocenters. The number of benzene rings is 1. The summed E-state index contributed by atoms with van der Waals surface area (Å²) in [5.74, 6) is -2.04. The Balaban J connectivity index is 2.66. The minimum absolute atomic E-state index is 0.0910. The molecular formula is C12H14F2O2. The number of ether oxygens (including phenoxy) is 1. The van der Waals surface area contributed by atoms with Crippen LogP contribution in [0.3, 0.4) is 0 Å². The summed E-state index contributed by atoms with van der Waals surface area (Å²) in [4.78, 5) is 11.5. The van der Waals surface area contributed by atoms with Crippen LogP contribution in [0, 0.1) is 11.6 Å². The average Bonchev–Trinajstić information content (AvgIpc) is 2.24. The normalized spacial score (nSPS) is 12.5. The fourth-order valence-corrected chi connectivity index (χ4v) is 1.37. The number of ketones is 1. The van der Waals surface area contributed by atoms with Crippen molar-refractivity contribution >= 4 is 5.78 Å². The maximum Gasteiger partial charge on any atom is 0.162 e. The van der Waals surface area contributed by atoms with Gasteiger partial charge in [-0.2, -0.15) is 0 Å². The summed E-state index contributed by atoms with van der Waals surface area (Å²) in [5.41, 5.74) is 0.0910. The predicted molar refractivity (Wildman–Crippen MR) is 56.2 cm³/mol. The van der Waals surface area contributed by atoms with Crippen molar-refractivity contribution in [1.29, 1.82) is 0 Å². The summed E-state index contributed by atoms with van der Waals surface area (Å²) < 4.78 is 31.0. The predicted octanol–water partition coefficient (Wildman–Crippen LogP) is 2.50. The Morgan fingerprint density at radius 1 is 1.44 bits per heavy atom. The maximum absolute atomic E-state index is 13.2. The Bertz CT molecular complexity index is 377. The van der Waals surface area contributed by atoms with Crippen molar-refractivity contribution in [1.82, 2.24) is 0 Å². The molecule has 0 bridgehead atoms. The lowest BCUT2D eigenvalue weighted by atomic mass is 10.0. The highest BCUT2D eigenvalue weighted by molar-refractivity contribution is 5.81. The molecule has 0 aliphatic rings. The molecule has 0 saturated heterocycles. The summed E-state index contributed by atoms with van der Waals surface area (Å²) in [6, 6.07) is 3.83. The molecule has 0 amide bonds. The monoisotopic (exact) mass is 228 g/mol. The van der Waals surface area contributed by atoms with E-state index in [4.69, 9.17) is 4.74 Å². The minimum Gasteiger partial charge on any atom is -0.381 e. The molecule has 0 spiro atoms. The van der Waals surface area contributed by atoms with E-state index in [9.17, 15) is 13.6 Å². The highest BCUT2D eigenvalue weighted by atomic mass is 19.2. The molecule has 16 heavy (non-hydrogen) atoms. The van der Waals surface area contributed by atoms with Crippen molar-refractivity contribution in [2.24, 2.45) is 0 Å². The summed E-state index contributed by atoms with van der Waals surface area (Å²) in [6.45, 7) is 1.75. The SMILES string of the molecule is COC(C)CC(=O)Cc1cccc(F)c1F. The molecule has 0 aliphatic heterocycles. The minimum atomic E-state index is -0.944. The number of rotatable bonds is 5. The van der Waals surface area contributed by atoms with E-state index in [0.717, 1.165) is 6.07 Å². The molecule has 1 atom stereocenters. The second-order valence-corrected chi connectivity index (χ2v) is 3.68. The van der Waals surface area contributed by atoms with Gasteiger partial charge in [0.1, 0.15) is 5.78 Å². The first-order valence-corrected chi connectivity index (χ1v) is 5.02. The number of halogens is 2. The summed E-state index contributed by atoms with van der Waals surface area (Å²) in [6.07, 6.45) is -0.104. The van der Waals surface area contributed by atoms with Crippen LogP contribution in [-0.2, 0) is 16.0 Å². The Hall–Kier alpha value is -1.29. The van der Waals surface area contributed by atoms with Crippen molar-refractivity contribution in [2.75, 3.05) is 7.11 Å². The fourth-order valence-electron chi connectivity index (χ4n) is 1.37. The van der Waals surface area contributed by atoms with E-state index in [1.54, 1.807) is 6.92 Å². The van der Waals surface area contributed by atoms with Gasteiger partial charge in [0.05, 0.1) is 6.10 Å². The molecular weight excluding hydrogens is 214 g/mol. The van der Waals surface area contributed by atoms with Gasteiger partial charge in [0, 0.05) is 20.0 Å². The molecule has 1 rings (SSSR count). The Kier molecular flexibility index (Phi) is 4.55. The Labute approximate surface area is 93.2 Å². The molecule has 0 fully saturated rings. The third kappa shape index (κ3) is 3.38. The number of Topliss-reactive ketones (excluding diaryl/α,β-unsaturated/α-hetero) is 1. The van der Waals surface area contributed by atoms with Crippen LogP contribution >= 0.6 is 0 Å². The van der Waals surface area contributed by atoms with Crippen LogP contribution in [0.15, 0.2) is 18.2 Å². The molecule has 2 nitrogen and oxygen atoms in total. The lowest BCUT2D eigenvalue weighted by Crippen LogP contribution is -2.14. The van der Waals surface area contributed by atoms with Gasteiger partial charge in [0.15, 0.2) is 11.6 Å². The number of methoxy groups -OCH3 is 1. The molecule has 4 heteroatoms. The molecule has 0 saturated carbocycles. The Morgan fingerprint density at radius 2 is 2.12 bits per heavy atom. The zero-order chi connectivity index (χ0) is 12.1. The number of carbonyl (C=O) groups excluding carboxylic acids is 1. The quantitative estimate of drug-likeness (QED) is 0.774. The first kappa shape index (κ1) is 12.8. The van der Waals surface area contributed by atoms with Crippen LogP contribution in [-0.4, -0.2) is 19.0 Å². The van der Waals surface area contributed by atoms with Crippen LogP contribution in [0.5, 0.6) is 0 Å². The van der Waals surface area contributed by atoms with Crippen LogP contribution in [0.4, 0.5) is 8.78 Å². The first-order valence-electron chi connectivity index (χ1n) is 5.02. The van der Waals surface area contributed by atoms with Gasteiger partial charge in [0.25, 0.3) is 0 Å². The molecule has 0 aliphatic carbocycles. The van der Waals surface area contributed by atoms with Gasteiger partial charge in [-0.3, -0.25) is 4.79 Å². The second-order valence-electron chi connectivity index (χ2n) is 3.68. The summed E-state index contributed by atoms with van der Waals surface area (Å²) in [7, 11) is 1.50. The summed E-state index contributed by atoms with van der Waals surface area (Å²) in [5, 5.41) is 0. The lowest BCUT2D eigenvalue weighted by molar-refractivity contribution is -0.120. The molecule has 88 valence electrons. The number of hydrogen-bond acceptors (Lipinski definition) is 2. The lowest BCUT2D eigenvalue weighted by Gasteiger charge is -2.08. The average molecular weight is 228 g/mol. The van der Waals surface area contributed by atoms with Crippen LogP contribution in [0.25, 0.3) is 0 Å². The van der Waals surface area contributed by atoms with E-state index >= 15 is 0 Å². The standard InChI is InChI=1S/C12H14F2O2/c1-8(16-2)6-10(15)7-9-4-3-5-11(13)12(9)14/h3-5,8H,6-7H2,1-2H3.